The monoisotopic (exact) mass is 290 g/mol. The highest BCUT2D eigenvalue weighted by Gasteiger charge is 2.33. The molecule has 18 heavy (non-hydrogen) atoms. The third-order valence-corrected chi connectivity index (χ3v) is 6.78. The summed E-state index contributed by atoms with van der Waals surface area (Å²) in [7, 11) is 8.18. The van der Waals surface area contributed by atoms with E-state index in [0.717, 1.165) is 6.04 Å². The molecule has 0 bridgehead atoms. The van der Waals surface area contributed by atoms with Gasteiger partial charge in [-0.15, -0.1) is 0 Å². The van der Waals surface area contributed by atoms with Crippen molar-refractivity contribution >= 4 is 21.6 Å². The largest absolute Gasteiger partial charge is 0.298 e. The number of piperazine rings is 1. The zero-order valence-electron chi connectivity index (χ0n) is 11.9. The normalized spacial score (nSPS) is 33.2. The summed E-state index contributed by atoms with van der Waals surface area (Å²) >= 11 is 0. The van der Waals surface area contributed by atoms with Crippen LogP contribution in [0, 0.1) is 0 Å². The highest BCUT2D eigenvalue weighted by molar-refractivity contribution is 8.77. The van der Waals surface area contributed by atoms with E-state index in [1.165, 1.54) is 32.6 Å². The Morgan fingerprint density at radius 2 is 1.89 bits per heavy atom. The Labute approximate surface area is 119 Å². The van der Waals surface area contributed by atoms with Crippen LogP contribution in [0.15, 0.2) is 0 Å². The van der Waals surface area contributed by atoms with Crippen molar-refractivity contribution in [3.05, 3.63) is 0 Å². The van der Waals surface area contributed by atoms with Crippen LogP contribution in [0.4, 0.5) is 0 Å². The van der Waals surface area contributed by atoms with Gasteiger partial charge in [0.2, 0.25) is 0 Å². The molecule has 1 N–H and O–H groups in total. The summed E-state index contributed by atoms with van der Waals surface area (Å²) in [4.78, 5) is 7.44. The fraction of sp³-hybridized carbons (Fsp3) is 1.00. The van der Waals surface area contributed by atoms with Gasteiger partial charge in [0.1, 0.15) is 11.0 Å². The van der Waals surface area contributed by atoms with Crippen LogP contribution in [-0.4, -0.2) is 72.0 Å². The van der Waals surface area contributed by atoms with Gasteiger partial charge in [0.15, 0.2) is 0 Å². The standard InChI is InChI=1S/C12H26N4S2/c1-5-10(2)15-6-8-16(9-7-15)12-13-11(14(3)4)17-18-12/h10-13H,5-9H2,1-4H3. The first-order chi connectivity index (χ1) is 8.61. The number of nitrogens with one attached hydrogen (secondary N) is 1. The van der Waals surface area contributed by atoms with Gasteiger partial charge in [-0.2, -0.15) is 0 Å². The minimum atomic E-state index is 0.451. The molecule has 0 spiro atoms. The number of hydrogen-bond acceptors (Lipinski definition) is 6. The second-order valence-corrected chi connectivity index (χ2v) is 7.79. The Balaban J connectivity index is 1.77. The maximum Gasteiger partial charge on any atom is 0.120 e. The van der Waals surface area contributed by atoms with E-state index in [0.29, 0.717) is 11.0 Å². The Hall–Kier alpha value is 0.540. The van der Waals surface area contributed by atoms with Crippen LogP contribution in [0.5, 0.6) is 0 Å². The molecule has 2 heterocycles. The molecule has 2 aliphatic heterocycles. The average Bonchev–Trinajstić information content (AvgIpc) is 2.88. The third kappa shape index (κ3) is 3.55. The molecule has 0 radical (unpaired) electrons. The molecule has 0 aromatic rings. The van der Waals surface area contributed by atoms with E-state index in [-0.39, 0.29) is 0 Å². The van der Waals surface area contributed by atoms with Gasteiger partial charge in [-0.25, -0.2) is 0 Å². The summed E-state index contributed by atoms with van der Waals surface area (Å²) in [5, 5.41) is 3.68. The maximum atomic E-state index is 3.68. The first-order valence-corrected chi connectivity index (χ1v) is 9.12. The van der Waals surface area contributed by atoms with E-state index in [4.69, 9.17) is 0 Å². The van der Waals surface area contributed by atoms with Crippen molar-refractivity contribution < 1.29 is 0 Å². The van der Waals surface area contributed by atoms with Gasteiger partial charge in [-0.3, -0.25) is 20.0 Å². The molecule has 2 rings (SSSR count). The predicted molar refractivity (Wildman–Crippen MR) is 82.5 cm³/mol. The van der Waals surface area contributed by atoms with E-state index in [2.05, 4.69) is 48.0 Å². The lowest BCUT2D eigenvalue weighted by atomic mass is 10.2. The van der Waals surface area contributed by atoms with Crippen molar-refractivity contribution in [1.82, 2.24) is 20.0 Å². The number of hydrogen-bond donors (Lipinski definition) is 1. The SMILES string of the molecule is CCC(C)N1CCN(C2NC(N(C)C)SS2)CC1. The highest BCUT2D eigenvalue weighted by Crippen LogP contribution is 2.38. The lowest BCUT2D eigenvalue weighted by Crippen LogP contribution is -2.55. The molecular formula is C12H26N4S2. The Bertz CT molecular complexity index is 256. The Morgan fingerprint density at radius 3 is 2.39 bits per heavy atom. The molecule has 2 aliphatic rings. The van der Waals surface area contributed by atoms with Gasteiger partial charge in [-0.05, 0) is 27.4 Å². The van der Waals surface area contributed by atoms with Gasteiger partial charge in [-0.1, -0.05) is 28.5 Å². The fourth-order valence-corrected chi connectivity index (χ4v) is 5.37. The predicted octanol–water partition coefficient (Wildman–Crippen LogP) is 1.52. The molecule has 2 fully saturated rings. The van der Waals surface area contributed by atoms with Crippen molar-refractivity contribution in [3.8, 4) is 0 Å². The molecule has 0 aromatic carbocycles. The van der Waals surface area contributed by atoms with Crippen molar-refractivity contribution in [2.45, 2.75) is 37.3 Å². The van der Waals surface area contributed by atoms with Crippen LogP contribution in [0.2, 0.25) is 0 Å². The van der Waals surface area contributed by atoms with Crippen molar-refractivity contribution in [1.29, 1.82) is 0 Å². The first-order valence-electron chi connectivity index (χ1n) is 6.84. The van der Waals surface area contributed by atoms with Crippen LogP contribution in [0.1, 0.15) is 20.3 Å². The van der Waals surface area contributed by atoms with E-state index in [1.54, 1.807) is 0 Å². The summed E-state index contributed by atoms with van der Waals surface area (Å²) in [5.41, 5.74) is 0.939. The minimum Gasteiger partial charge on any atom is -0.298 e. The van der Waals surface area contributed by atoms with Crippen LogP contribution in [0.25, 0.3) is 0 Å². The summed E-state index contributed by atoms with van der Waals surface area (Å²) < 4.78 is 0. The van der Waals surface area contributed by atoms with Crippen molar-refractivity contribution in [2.75, 3.05) is 40.3 Å². The van der Waals surface area contributed by atoms with Gasteiger partial charge in [0.05, 0.1) is 0 Å². The molecule has 2 saturated heterocycles. The fourth-order valence-electron chi connectivity index (χ4n) is 2.36. The van der Waals surface area contributed by atoms with Gasteiger partial charge in [0, 0.05) is 32.2 Å². The molecule has 0 aliphatic carbocycles. The van der Waals surface area contributed by atoms with E-state index in [9.17, 15) is 0 Å². The minimum absolute atomic E-state index is 0.451. The van der Waals surface area contributed by atoms with E-state index >= 15 is 0 Å². The number of nitrogens with zero attached hydrogens (tertiary/aromatic N) is 3. The van der Waals surface area contributed by atoms with Crippen molar-refractivity contribution in [2.24, 2.45) is 0 Å². The molecule has 3 unspecified atom stereocenters. The topological polar surface area (TPSA) is 21.8 Å². The summed E-state index contributed by atoms with van der Waals surface area (Å²) in [6.45, 7) is 9.43. The lowest BCUT2D eigenvalue weighted by molar-refractivity contribution is 0.0829. The van der Waals surface area contributed by atoms with Crippen LogP contribution in [-0.2, 0) is 0 Å². The smallest absolute Gasteiger partial charge is 0.120 e. The zero-order valence-corrected chi connectivity index (χ0v) is 13.6. The maximum absolute atomic E-state index is 3.68. The zero-order chi connectivity index (χ0) is 13.1. The van der Waals surface area contributed by atoms with Crippen molar-refractivity contribution in [3.63, 3.8) is 0 Å². The molecule has 0 aromatic heterocycles. The van der Waals surface area contributed by atoms with Crippen LogP contribution in [0.3, 0.4) is 0 Å². The van der Waals surface area contributed by atoms with Crippen LogP contribution < -0.4 is 5.32 Å². The van der Waals surface area contributed by atoms with E-state index in [1.807, 2.05) is 21.6 Å². The Kier molecular flexibility index (Phi) is 5.65. The molecule has 6 heteroatoms. The van der Waals surface area contributed by atoms with Gasteiger partial charge < -0.3 is 0 Å². The summed E-state index contributed by atoms with van der Waals surface area (Å²) in [6, 6.07) is 0.736. The second-order valence-electron chi connectivity index (χ2n) is 5.36. The highest BCUT2D eigenvalue weighted by atomic mass is 33.1. The van der Waals surface area contributed by atoms with Gasteiger partial charge >= 0.3 is 0 Å². The second kappa shape index (κ2) is 6.81. The molecule has 106 valence electrons. The molecule has 4 nitrogen and oxygen atoms in total. The summed E-state index contributed by atoms with van der Waals surface area (Å²) in [6.07, 6.45) is 1.26. The first kappa shape index (κ1) is 14.9. The van der Waals surface area contributed by atoms with E-state index < -0.39 is 0 Å². The molecular weight excluding hydrogens is 264 g/mol. The Morgan fingerprint density at radius 1 is 1.22 bits per heavy atom. The van der Waals surface area contributed by atoms with Crippen LogP contribution >= 0.6 is 21.6 Å². The quantitative estimate of drug-likeness (QED) is 0.787. The third-order valence-electron chi connectivity index (χ3n) is 3.89. The molecule has 3 atom stereocenters. The lowest BCUT2D eigenvalue weighted by Gasteiger charge is -2.40. The molecule has 0 amide bonds. The van der Waals surface area contributed by atoms with Gasteiger partial charge in [0.25, 0.3) is 0 Å². The average molecular weight is 291 g/mol. The molecule has 0 saturated carbocycles. The summed E-state index contributed by atoms with van der Waals surface area (Å²) in [5.74, 6) is 0. The number of rotatable bonds is 4.